The number of rotatable bonds is 4. The maximum absolute atomic E-state index is 13.0. The van der Waals surface area contributed by atoms with Gasteiger partial charge in [0.2, 0.25) is 5.91 Å². The average Bonchev–Trinajstić information content (AvgIpc) is 2.92. The topological polar surface area (TPSA) is 41.6 Å². The van der Waals surface area contributed by atoms with Gasteiger partial charge in [-0.2, -0.15) is 0 Å². The minimum atomic E-state index is -2.75. The van der Waals surface area contributed by atoms with Crippen molar-refractivity contribution in [2.24, 2.45) is 5.92 Å². The van der Waals surface area contributed by atoms with Crippen molar-refractivity contribution in [2.75, 3.05) is 32.8 Å². The molecule has 18 heavy (non-hydrogen) atoms. The van der Waals surface area contributed by atoms with Crippen LogP contribution in [0.4, 0.5) is 8.78 Å². The monoisotopic (exact) mass is 262 g/mol. The summed E-state index contributed by atoms with van der Waals surface area (Å²) >= 11 is 0. The van der Waals surface area contributed by atoms with Gasteiger partial charge in [0.1, 0.15) is 0 Å². The molecular formula is C12H20F2N2O2. The van der Waals surface area contributed by atoms with Crippen molar-refractivity contribution in [2.45, 2.75) is 31.7 Å². The number of halogens is 2. The molecule has 1 amide bonds. The zero-order valence-corrected chi connectivity index (χ0v) is 10.6. The van der Waals surface area contributed by atoms with E-state index in [1.165, 1.54) is 0 Å². The first-order chi connectivity index (χ1) is 8.52. The quantitative estimate of drug-likeness (QED) is 0.817. The molecule has 0 aromatic rings. The number of hydrogen-bond donors (Lipinski definition) is 1. The Kier molecular flexibility index (Phi) is 4.17. The molecule has 104 valence electrons. The second-order valence-electron chi connectivity index (χ2n) is 5.09. The molecule has 2 aliphatic rings. The van der Waals surface area contributed by atoms with Crippen LogP contribution >= 0.6 is 0 Å². The summed E-state index contributed by atoms with van der Waals surface area (Å²) in [6.45, 7) is 4.14. The number of likely N-dealkylation sites (tertiary alicyclic amines) is 1. The van der Waals surface area contributed by atoms with Crippen LogP contribution in [0.2, 0.25) is 0 Å². The summed E-state index contributed by atoms with van der Waals surface area (Å²) in [4.78, 5) is 13.7. The Labute approximate surface area is 106 Å². The number of carbonyl (C=O) groups is 1. The Morgan fingerprint density at radius 1 is 1.56 bits per heavy atom. The Balaban J connectivity index is 1.81. The minimum absolute atomic E-state index is 0.189. The number of nitrogens with one attached hydrogen (secondary N) is 1. The van der Waals surface area contributed by atoms with Crippen molar-refractivity contribution in [3.63, 3.8) is 0 Å². The van der Waals surface area contributed by atoms with E-state index in [-0.39, 0.29) is 18.9 Å². The van der Waals surface area contributed by atoms with Crippen molar-refractivity contribution < 1.29 is 18.3 Å². The fourth-order valence-corrected chi connectivity index (χ4v) is 2.56. The molecule has 2 unspecified atom stereocenters. The van der Waals surface area contributed by atoms with Crippen molar-refractivity contribution in [3.05, 3.63) is 0 Å². The molecule has 2 atom stereocenters. The summed E-state index contributed by atoms with van der Waals surface area (Å²) in [5.74, 6) is -2.59. The molecular weight excluding hydrogens is 242 g/mol. The van der Waals surface area contributed by atoms with Crippen LogP contribution in [0.15, 0.2) is 0 Å². The Morgan fingerprint density at radius 2 is 2.33 bits per heavy atom. The molecule has 0 aliphatic carbocycles. The van der Waals surface area contributed by atoms with Gasteiger partial charge in [-0.1, -0.05) is 0 Å². The van der Waals surface area contributed by atoms with Crippen LogP contribution in [0.3, 0.4) is 0 Å². The lowest BCUT2D eigenvalue weighted by Gasteiger charge is -2.20. The van der Waals surface area contributed by atoms with E-state index >= 15 is 0 Å². The van der Waals surface area contributed by atoms with Crippen LogP contribution in [0.1, 0.15) is 19.8 Å². The molecule has 6 heteroatoms. The van der Waals surface area contributed by atoms with Gasteiger partial charge in [-0.05, 0) is 13.3 Å². The van der Waals surface area contributed by atoms with E-state index in [0.29, 0.717) is 32.2 Å². The molecule has 0 bridgehead atoms. The van der Waals surface area contributed by atoms with E-state index < -0.39 is 12.0 Å². The zero-order chi connectivity index (χ0) is 13.2. The van der Waals surface area contributed by atoms with E-state index in [2.05, 4.69) is 5.32 Å². The van der Waals surface area contributed by atoms with Crippen LogP contribution in [0.25, 0.3) is 0 Å². The number of amides is 1. The first-order valence-electron chi connectivity index (χ1n) is 6.49. The molecule has 0 aromatic carbocycles. The first-order valence-corrected chi connectivity index (χ1v) is 6.49. The van der Waals surface area contributed by atoms with Crippen LogP contribution < -0.4 is 5.32 Å². The van der Waals surface area contributed by atoms with Gasteiger partial charge in [0.15, 0.2) is 0 Å². The van der Waals surface area contributed by atoms with Crippen LogP contribution in [-0.4, -0.2) is 55.6 Å². The second kappa shape index (κ2) is 5.48. The molecule has 0 aromatic heterocycles. The summed E-state index contributed by atoms with van der Waals surface area (Å²) in [6.07, 6.45) is 0.521. The fraction of sp³-hybridized carbons (Fsp3) is 0.917. The predicted molar refractivity (Wildman–Crippen MR) is 62.5 cm³/mol. The van der Waals surface area contributed by atoms with Gasteiger partial charge < -0.3 is 9.64 Å². The summed E-state index contributed by atoms with van der Waals surface area (Å²) < 4.78 is 31.4. The molecule has 1 N–H and O–H groups in total. The summed E-state index contributed by atoms with van der Waals surface area (Å²) in [6, 6.07) is -0.717. The van der Waals surface area contributed by atoms with Gasteiger partial charge in [-0.15, -0.1) is 0 Å². The summed E-state index contributed by atoms with van der Waals surface area (Å²) in [5.41, 5.74) is 0. The van der Waals surface area contributed by atoms with Gasteiger partial charge in [0, 0.05) is 32.0 Å². The highest BCUT2D eigenvalue weighted by Crippen LogP contribution is 2.27. The predicted octanol–water partition coefficient (Wildman–Crippen LogP) is 0.869. The molecule has 4 nitrogen and oxygen atoms in total. The Hall–Kier alpha value is -0.750. The molecule has 2 aliphatic heterocycles. The highest BCUT2D eigenvalue weighted by molar-refractivity contribution is 5.82. The van der Waals surface area contributed by atoms with Gasteiger partial charge >= 0.3 is 0 Å². The zero-order valence-electron chi connectivity index (χ0n) is 10.6. The van der Waals surface area contributed by atoms with Crippen LogP contribution in [0, 0.1) is 5.92 Å². The average molecular weight is 262 g/mol. The number of hydrogen-bond acceptors (Lipinski definition) is 3. The van der Waals surface area contributed by atoms with Crippen molar-refractivity contribution >= 4 is 5.91 Å². The van der Waals surface area contributed by atoms with E-state index in [4.69, 9.17) is 4.74 Å². The van der Waals surface area contributed by atoms with Crippen LogP contribution in [0.5, 0.6) is 0 Å². The third kappa shape index (κ3) is 3.17. The molecule has 2 saturated heterocycles. The normalized spacial score (nSPS) is 30.9. The largest absolute Gasteiger partial charge is 0.381 e. The number of nitrogens with zero attached hydrogens (tertiary/aromatic N) is 1. The molecule has 2 fully saturated rings. The molecule has 0 saturated carbocycles. The van der Waals surface area contributed by atoms with Crippen molar-refractivity contribution in [3.8, 4) is 0 Å². The molecule has 2 rings (SSSR count). The van der Waals surface area contributed by atoms with E-state index in [0.717, 1.165) is 6.42 Å². The lowest BCUT2D eigenvalue weighted by Crippen LogP contribution is -2.42. The van der Waals surface area contributed by atoms with E-state index in [9.17, 15) is 13.6 Å². The minimum Gasteiger partial charge on any atom is -0.381 e. The smallest absolute Gasteiger partial charge is 0.262 e. The Bertz CT molecular complexity index is 312. The lowest BCUT2D eigenvalue weighted by molar-refractivity contribution is -0.132. The maximum atomic E-state index is 13.0. The molecule has 2 heterocycles. The molecule has 0 radical (unpaired) electrons. The third-order valence-corrected chi connectivity index (χ3v) is 3.56. The summed E-state index contributed by atoms with van der Waals surface area (Å²) in [5, 5.41) is 2.61. The third-order valence-electron chi connectivity index (χ3n) is 3.56. The van der Waals surface area contributed by atoms with Crippen LogP contribution in [-0.2, 0) is 9.53 Å². The highest BCUT2D eigenvalue weighted by Gasteiger charge is 2.44. The first kappa shape index (κ1) is 13.7. The highest BCUT2D eigenvalue weighted by atomic mass is 19.3. The van der Waals surface area contributed by atoms with Crippen molar-refractivity contribution in [1.29, 1.82) is 0 Å². The lowest BCUT2D eigenvalue weighted by atomic mass is 10.1. The number of carbonyl (C=O) groups excluding carboxylic acids is 1. The van der Waals surface area contributed by atoms with Gasteiger partial charge in [-0.25, -0.2) is 8.78 Å². The maximum Gasteiger partial charge on any atom is 0.262 e. The Morgan fingerprint density at radius 3 is 2.94 bits per heavy atom. The van der Waals surface area contributed by atoms with Gasteiger partial charge in [0.25, 0.3) is 5.92 Å². The summed E-state index contributed by atoms with van der Waals surface area (Å²) in [7, 11) is 0. The molecule has 0 spiro atoms. The standard InChI is InChI=1S/C12H20F2N2O2/c1-2-18-7-9-3-4-16(6-9)11(17)10-5-12(13,14)8-15-10/h9-10,15H,2-8H2,1H3. The van der Waals surface area contributed by atoms with E-state index in [1.807, 2.05) is 6.92 Å². The second-order valence-corrected chi connectivity index (χ2v) is 5.09. The van der Waals surface area contributed by atoms with Crippen molar-refractivity contribution in [1.82, 2.24) is 10.2 Å². The van der Waals surface area contributed by atoms with Gasteiger partial charge in [-0.3, -0.25) is 10.1 Å². The number of ether oxygens (including phenoxy) is 1. The fourth-order valence-electron chi connectivity index (χ4n) is 2.56. The van der Waals surface area contributed by atoms with Gasteiger partial charge in [0.05, 0.1) is 19.2 Å². The van der Waals surface area contributed by atoms with E-state index in [1.54, 1.807) is 4.90 Å². The number of alkyl halides is 2. The SMILES string of the molecule is CCOCC1CCN(C(=O)C2CC(F)(F)CN2)C1.